The van der Waals surface area contributed by atoms with Crippen molar-refractivity contribution in [3.63, 3.8) is 0 Å². The first-order valence-electron chi connectivity index (χ1n) is 6.91. The number of oxazole rings is 1. The van der Waals surface area contributed by atoms with Crippen LogP contribution in [0.25, 0.3) is 11.3 Å². The molecule has 0 radical (unpaired) electrons. The van der Waals surface area contributed by atoms with Crippen LogP contribution in [0.15, 0.2) is 58.4 Å². The Kier molecular flexibility index (Phi) is 3.87. The van der Waals surface area contributed by atoms with E-state index >= 15 is 0 Å². The fourth-order valence-electron chi connectivity index (χ4n) is 2.13. The molecule has 1 N–H and O–H groups in total. The van der Waals surface area contributed by atoms with Crippen LogP contribution in [0, 0.1) is 13.8 Å². The largest absolute Gasteiger partial charge is 0.444 e. The maximum atomic E-state index is 12.5. The SMILES string of the molecule is Cc1cc(S(=O)(=O)Nc2cc(-c3cnco3)ccc2C)ccn1. The molecule has 0 aliphatic heterocycles. The zero-order valence-electron chi connectivity index (χ0n) is 12.6. The van der Waals surface area contributed by atoms with Gasteiger partial charge in [0.15, 0.2) is 12.2 Å². The van der Waals surface area contributed by atoms with E-state index in [1.54, 1.807) is 19.2 Å². The fourth-order valence-corrected chi connectivity index (χ4v) is 3.33. The van der Waals surface area contributed by atoms with Gasteiger partial charge >= 0.3 is 0 Å². The van der Waals surface area contributed by atoms with Crippen molar-refractivity contribution in [2.45, 2.75) is 18.7 Å². The smallest absolute Gasteiger partial charge is 0.262 e. The van der Waals surface area contributed by atoms with Gasteiger partial charge in [-0.25, -0.2) is 13.4 Å². The second-order valence-corrected chi connectivity index (χ2v) is 6.82. The van der Waals surface area contributed by atoms with Crippen molar-refractivity contribution in [2.75, 3.05) is 4.72 Å². The predicted octanol–water partition coefficient (Wildman–Crippen LogP) is 3.15. The van der Waals surface area contributed by atoms with Gasteiger partial charge in [0.25, 0.3) is 10.0 Å². The Morgan fingerprint density at radius 3 is 2.65 bits per heavy atom. The first kappa shape index (κ1) is 15.2. The standard InChI is InChI=1S/C16H15N3O3S/c1-11-3-4-13(16-9-17-10-22-16)8-15(11)19-23(20,21)14-5-6-18-12(2)7-14/h3-10,19H,1-2H3. The number of nitrogens with zero attached hydrogens (tertiary/aromatic N) is 2. The third-order valence-corrected chi connectivity index (χ3v) is 4.74. The minimum atomic E-state index is -3.68. The van der Waals surface area contributed by atoms with E-state index in [9.17, 15) is 8.42 Å². The number of aromatic nitrogens is 2. The molecule has 0 spiro atoms. The van der Waals surface area contributed by atoms with Crippen LogP contribution in [0.1, 0.15) is 11.3 Å². The van der Waals surface area contributed by atoms with E-state index < -0.39 is 10.0 Å². The van der Waals surface area contributed by atoms with Crippen LogP contribution in [-0.2, 0) is 10.0 Å². The van der Waals surface area contributed by atoms with Gasteiger partial charge in [-0.3, -0.25) is 9.71 Å². The number of sulfonamides is 1. The number of hydrogen-bond donors (Lipinski definition) is 1. The first-order chi connectivity index (χ1) is 11.0. The maximum absolute atomic E-state index is 12.5. The summed E-state index contributed by atoms with van der Waals surface area (Å²) in [5, 5.41) is 0. The van der Waals surface area contributed by atoms with Crippen molar-refractivity contribution in [2.24, 2.45) is 0 Å². The summed E-state index contributed by atoms with van der Waals surface area (Å²) in [6.45, 7) is 3.58. The third kappa shape index (κ3) is 3.24. The summed E-state index contributed by atoms with van der Waals surface area (Å²) >= 11 is 0. The van der Waals surface area contributed by atoms with Gasteiger partial charge in [0.2, 0.25) is 0 Å². The lowest BCUT2D eigenvalue weighted by Crippen LogP contribution is -2.14. The number of pyridine rings is 1. The molecule has 3 aromatic rings. The normalized spacial score (nSPS) is 11.4. The molecule has 2 heterocycles. The molecular formula is C16H15N3O3S. The minimum absolute atomic E-state index is 0.175. The average molecular weight is 329 g/mol. The molecule has 7 heteroatoms. The lowest BCUT2D eigenvalue weighted by molar-refractivity contribution is 0.572. The van der Waals surface area contributed by atoms with E-state index in [-0.39, 0.29) is 4.90 Å². The number of nitrogens with one attached hydrogen (secondary N) is 1. The quantitative estimate of drug-likeness (QED) is 0.794. The number of aryl methyl sites for hydroxylation is 2. The molecule has 0 bridgehead atoms. The van der Waals surface area contributed by atoms with Gasteiger partial charge in [-0.1, -0.05) is 12.1 Å². The molecule has 0 fully saturated rings. The first-order valence-corrected chi connectivity index (χ1v) is 8.39. The van der Waals surface area contributed by atoms with E-state index in [1.165, 1.54) is 24.7 Å². The summed E-state index contributed by atoms with van der Waals surface area (Å²) in [5.74, 6) is 0.574. The molecule has 6 nitrogen and oxygen atoms in total. The van der Waals surface area contributed by atoms with Crippen LogP contribution in [-0.4, -0.2) is 18.4 Å². The summed E-state index contributed by atoms with van der Waals surface area (Å²) in [6, 6.07) is 8.39. The van der Waals surface area contributed by atoms with Gasteiger partial charge in [0.1, 0.15) is 0 Å². The molecule has 1 aromatic carbocycles. The Hall–Kier alpha value is -2.67. The molecule has 0 saturated carbocycles. The Morgan fingerprint density at radius 2 is 1.96 bits per heavy atom. The predicted molar refractivity (Wildman–Crippen MR) is 86.5 cm³/mol. The monoisotopic (exact) mass is 329 g/mol. The Bertz CT molecular complexity index is 935. The molecule has 3 rings (SSSR count). The molecule has 23 heavy (non-hydrogen) atoms. The zero-order valence-corrected chi connectivity index (χ0v) is 13.5. The van der Waals surface area contributed by atoms with Crippen LogP contribution in [0.4, 0.5) is 5.69 Å². The van der Waals surface area contributed by atoms with Crippen molar-refractivity contribution in [3.8, 4) is 11.3 Å². The molecule has 0 aliphatic carbocycles. The van der Waals surface area contributed by atoms with Crippen molar-refractivity contribution in [3.05, 3.63) is 60.4 Å². The molecule has 118 valence electrons. The Morgan fingerprint density at radius 1 is 1.13 bits per heavy atom. The molecule has 0 amide bonds. The lowest BCUT2D eigenvalue weighted by atomic mass is 10.1. The van der Waals surface area contributed by atoms with Crippen molar-refractivity contribution >= 4 is 15.7 Å². The van der Waals surface area contributed by atoms with Gasteiger partial charge < -0.3 is 4.42 Å². The molecule has 2 aromatic heterocycles. The van der Waals surface area contributed by atoms with Gasteiger partial charge in [-0.05, 0) is 37.6 Å². The van der Waals surface area contributed by atoms with Gasteiger partial charge in [-0.15, -0.1) is 0 Å². The van der Waals surface area contributed by atoms with E-state index in [2.05, 4.69) is 14.7 Å². The summed E-state index contributed by atoms with van der Waals surface area (Å²) in [7, 11) is -3.68. The highest BCUT2D eigenvalue weighted by molar-refractivity contribution is 7.92. The van der Waals surface area contributed by atoms with Crippen molar-refractivity contribution in [1.29, 1.82) is 0 Å². The average Bonchev–Trinajstić information content (AvgIpc) is 3.04. The van der Waals surface area contributed by atoms with Crippen molar-refractivity contribution < 1.29 is 12.8 Å². The van der Waals surface area contributed by atoms with E-state index in [1.807, 2.05) is 19.1 Å². The Labute approximate surface area is 134 Å². The van der Waals surface area contributed by atoms with E-state index in [4.69, 9.17) is 4.42 Å². The van der Waals surface area contributed by atoms with E-state index in [0.717, 1.165) is 11.1 Å². The molecule has 0 saturated heterocycles. The Balaban J connectivity index is 1.98. The summed E-state index contributed by atoms with van der Waals surface area (Å²) < 4.78 is 32.9. The summed E-state index contributed by atoms with van der Waals surface area (Å²) in [6.07, 6.45) is 4.38. The van der Waals surface area contributed by atoms with Crippen LogP contribution in [0.3, 0.4) is 0 Å². The molecule has 0 unspecified atom stereocenters. The minimum Gasteiger partial charge on any atom is -0.444 e. The second-order valence-electron chi connectivity index (χ2n) is 5.13. The molecule has 0 atom stereocenters. The number of rotatable bonds is 4. The van der Waals surface area contributed by atoms with Gasteiger partial charge in [-0.2, -0.15) is 0 Å². The summed E-state index contributed by atoms with van der Waals surface area (Å²) in [4.78, 5) is 8.06. The topological polar surface area (TPSA) is 85.1 Å². The third-order valence-electron chi connectivity index (χ3n) is 3.38. The second kappa shape index (κ2) is 5.85. The molecule has 0 aliphatic rings. The number of benzene rings is 1. The van der Waals surface area contributed by atoms with Crippen LogP contribution >= 0.6 is 0 Å². The van der Waals surface area contributed by atoms with Gasteiger partial charge in [0, 0.05) is 17.5 Å². The van der Waals surface area contributed by atoms with Crippen LogP contribution in [0.5, 0.6) is 0 Å². The molecular weight excluding hydrogens is 314 g/mol. The van der Waals surface area contributed by atoms with E-state index in [0.29, 0.717) is 17.1 Å². The number of anilines is 1. The van der Waals surface area contributed by atoms with Crippen LogP contribution in [0.2, 0.25) is 0 Å². The van der Waals surface area contributed by atoms with Crippen molar-refractivity contribution in [1.82, 2.24) is 9.97 Å². The highest BCUT2D eigenvalue weighted by atomic mass is 32.2. The van der Waals surface area contributed by atoms with Crippen LogP contribution < -0.4 is 4.72 Å². The summed E-state index contributed by atoms with van der Waals surface area (Å²) in [5.41, 5.74) is 2.69. The fraction of sp³-hybridized carbons (Fsp3) is 0.125. The van der Waals surface area contributed by atoms with Gasteiger partial charge in [0.05, 0.1) is 16.8 Å². The highest BCUT2D eigenvalue weighted by Gasteiger charge is 2.16. The lowest BCUT2D eigenvalue weighted by Gasteiger charge is -2.12. The maximum Gasteiger partial charge on any atom is 0.262 e. The zero-order chi connectivity index (χ0) is 16.4. The highest BCUT2D eigenvalue weighted by Crippen LogP contribution is 2.27. The number of hydrogen-bond acceptors (Lipinski definition) is 5.